The molecule has 7 aromatic carbocycles. The molecule has 1 N–H and O–H groups in total. The number of para-hydroxylation sites is 3. The molecule has 2 aliphatic heterocycles. The zero-order valence-corrected chi connectivity index (χ0v) is 23.7. The second kappa shape index (κ2) is 9.23. The summed E-state index contributed by atoms with van der Waals surface area (Å²) in [5.41, 5.74) is 10.8. The molecule has 1 atom stereocenters. The standard InChI is InChI=1S/C40H28N2O/c1-25-41-36-13-3-4-14-37(36)42(25)31-9-6-8-26(24-31)27-16-17-29-23-30(19-18-28(29)22-27)32-20-21-39-40-34(32)11-7-12-35(40)33-10-2-5-15-38(33)43-39/h2-25,41H,1H3. The number of benzene rings is 7. The molecule has 43 heavy (non-hydrogen) atoms. The normalized spacial score (nSPS) is 14.7. The lowest BCUT2D eigenvalue weighted by molar-refractivity contribution is 0.487. The molecular weight excluding hydrogens is 524 g/mol. The summed E-state index contributed by atoms with van der Waals surface area (Å²) in [4.78, 5) is 2.37. The Labute approximate surface area is 250 Å². The molecule has 1 unspecified atom stereocenters. The zero-order chi connectivity index (χ0) is 28.5. The third-order valence-corrected chi connectivity index (χ3v) is 8.92. The van der Waals surface area contributed by atoms with Gasteiger partial charge in [0.05, 0.1) is 11.4 Å². The van der Waals surface area contributed by atoms with E-state index >= 15 is 0 Å². The Morgan fingerprint density at radius 1 is 0.558 bits per heavy atom. The van der Waals surface area contributed by atoms with Crippen LogP contribution in [0.15, 0.2) is 140 Å². The number of hydrogen-bond donors (Lipinski definition) is 1. The van der Waals surface area contributed by atoms with Gasteiger partial charge in [0, 0.05) is 16.6 Å². The Bertz CT molecular complexity index is 2230. The first-order valence-corrected chi connectivity index (χ1v) is 14.8. The number of anilines is 3. The zero-order valence-electron chi connectivity index (χ0n) is 23.7. The molecule has 3 heteroatoms. The van der Waals surface area contributed by atoms with Gasteiger partial charge in [0.25, 0.3) is 0 Å². The van der Waals surface area contributed by atoms with E-state index in [1.165, 1.54) is 66.4 Å². The number of rotatable bonds is 3. The second-order valence-corrected chi connectivity index (χ2v) is 11.5. The summed E-state index contributed by atoms with van der Waals surface area (Å²) in [6.45, 7) is 2.20. The molecule has 0 aromatic heterocycles. The number of hydrogen-bond acceptors (Lipinski definition) is 3. The highest BCUT2D eigenvalue weighted by molar-refractivity contribution is 6.10. The molecule has 7 aromatic rings. The molecule has 0 radical (unpaired) electrons. The summed E-state index contributed by atoms with van der Waals surface area (Å²) in [5, 5.41) is 8.44. The van der Waals surface area contributed by atoms with Crippen molar-refractivity contribution < 1.29 is 4.74 Å². The maximum absolute atomic E-state index is 6.32. The smallest absolute Gasteiger partial charge is 0.135 e. The molecule has 3 nitrogen and oxygen atoms in total. The molecule has 0 spiro atoms. The van der Waals surface area contributed by atoms with Crippen molar-refractivity contribution in [1.29, 1.82) is 0 Å². The van der Waals surface area contributed by atoms with Gasteiger partial charge in [-0.3, -0.25) is 0 Å². The molecule has 0 saturated carbocycles. The van der Waals surface area contributed by atoms with Crippen LogP contribution in [-0.4, -0.2) is 6.17 Å². The van der Waals surface area contributed by atoms with E-state index in [9.17, 15) is 0 Å². The van der Waals surface area contributed by atoms with Crippen LogP contribution in [0.3, 0.4) is 0 Å². The molecular formula is C40H28N2O. The van der Waals surface area contributed by atoms with E-state index < -0.39 is 0 Å². The highest BCUT2D eigenvalue weighted by Crippen LogP contribution is 2.48. The van der Waals surface area contributed by atoms with Gasteiger partial charge in [0.2, 0.25) is 0 Å². The van der Waals surface area contributed by atoms with Crippen LogP contribution < -0.4 is 15.0 Å². The maximum Gasteiger partial charge on any atom is 0.135 e. The van der Waals surface area contributed by atoms with Crippen molar-refractivity contribution in [1.82, 2.24) is 0 Å². The fourth-order valence-corrected chi connectivity index (χ4v) is 6.93. The van der Waals surface area contributed by atoms with Gasteiger partial charge in [0.15, 0.2) is 0 Å². The lowest BCUT2D eigenvalue weighted by Crippen LogP contribution is -2.28. The number of nitrogens with one attached hydrogen (secondary N) is 1. The van der Waals surface area contributed by atoms with Crippen LogP contribution in [0.1, 0.15) is 6.92 Å². The third-order valence-electron chi connectivity index (χ3n) is 8.92. The fourth-order valence-electron chi connectivity index (χ4n) is 6.93. The Balaban J connectivity index is 1.09. The fraction of sp³-hybridized carbons (Fsp3) is 0.0500. The van der Waals surface area contributed by atoms with E-state index in [4.69, 9.17) is 4.74 Å². The Morgan fingerprint density at radius 2 is 1.30 bits per heavy atom. The van der Waals surface area contributed by atoms with Crippen LogP contribution in [-0.2, 0) is 0 Å². The highest BCUT2D eigenvalue weighted by Gasteiger charge is 2.26. The van der Waals surface area contributed by atoms with Gasteiger partial charge in [-0.05, 0) is 99.4 Å². The molecule has 9 rings (SSSR count). The summed E-state index contributed by atoms with van der Waals surface area (Å²) in [7, 11) is 0. The first kappa shape index (κ1) is 24.1. The minimum atomic E-state index is 0.194. The molecule has 0 saturated heterocycles. The molecule has 2 heterocycles. The summed E-state index contributed by atoms with van der Waals surface area (Å²) in [5.74, 6) is 1.84. The van der Waals surface area contributed by atoms with Crippen molar-refractivity contribution in [2.75, 3.05) is 10.2 Å². The van der Waals surface area contributed by atoms with Gasteiger partial charge in [-0.15, -0.1) is 0 Å². The van der Waals surface area contributed by atoms with E-state index in [2.05, 4.69) is 145 Å². The minimum absolute atomic E-state index is 0.194. The van der Waals surface area contributed by atoms with E-state index in [0.29, 0.717) is 0 Å². The van der Waals surface area contributed by atoms with Gasteiger partial charge in [-0.2, -0.15) is 0 Å². The predicted molar refractivity (Wildman–Crippen MR) is 180 cm³/mol. The summed E-state index contributed by atoms with van der Waals surface area (Å²) in [6.07, 6.45) is 0.194. The average molecular weight is 553 g/mol. The van der Waals surface area contributed by atoms with Crippen molar-refractivity contribution in [3.8, 4) is 44.9 Å². The van der Waals surface area contributed by atoms with E-state index in [-0.39, 0.29) is 6.17 Å². The summed E-state index contributed by atoms with van der Waals surface area (Å²) in [6, 6.07) is 50.2. The number of ether oxygens (including phenoxy) is 1. The van der Waals surface area contributed by atoms with E-state index in [0.717, 1.165) is 17.1 Å². The average Bonchev–Trinajstić information content (AvgIpc) is 3.40. The van der Waals surface area contributed by atoms with Crippen molar-refractivity contribution in [3.05, 3.63) is 140 Å². The monoisotopic (exact) mass is 552 g/mol. The van der Waals surface area contributed by atoms with Crippen LogP contribution in [0.25, 0.3) is 54.9 Å². The van der Waals surface area contributed by atoms with Crippen LogP contribution in [0, 0.1) is 0 Å². The van der Waals surface area contributed by atoms with Crippen molar-refractivity contribution in [2.24, 2.45) is 0 Å². The quantitative estimate of drug-likeness (QED) is 0.236. The predicted octanol–water partition coefficient (Wildman–Crippen LogP) is 11.0. The molecule has 204 valence electrons. The molecule has 2 aliphatic rings. The van der Waals surface area contributed by atoms with Crippen LogP contribution in [0.5, 0.6) is 11.5 Å². The van der Waals surface area contributed by atoms with Gasteiger partial charge in [-0.1, -0.05) is 91.0 Å². The number of fused-ring (bicyclic) bond motifs is 4. The minimum Gasteiger partial charge on any atom is -0.456 e. The van der Waals surface area contributed by atoms with Gasteiger partial charge < -0.3 is 15.0 Å². The van der Waals surface area contributed by atoms with Gasteiger partial charge in [-0.25, -0.2) is 0 Å². The Kier molecular flexibility index (Phi) is 5.17. The van der Waals surface area contributed by atoms with E-state index in [1.54, 1.807) is 0 Å². The SMILES string of the molecule is CC1Nc2ccccc2N1c1cccc(-c2ccc3cc(-c4ccc5c6c(cccc46)-c4ccccc4O5)ccc3c2)c1. The molecule has 0 bridgehead atoms. The van der Waals surface area contributed by atoms with E-state index in [1.807, 2.05) is 12.1 Å². The van der Waals surface area contributed by atoms with Crippen LogP contribution >= 0.6 is 0 Å². The van der Waals surface area contributed by atoms with Crippen LogP contribution in [0.2, 0.25) is 0 Å². The molecule has 0 fully saturated rings. The highest BCUT2D eigenvalue weighted by atomic mass is 16.5. The number of nitrogens with zero attached hydrogens (tertiary/aromatic N) is 1. The first-order valence-electron chi connectivity index (χ1n) is 14.8. The van der Waals surface area contributed by atoms with Gasteiger partial charge in [0.1, 0.15) is 17.7 Å². The Morgan fingerprint density at radius 3 is 2.23 bits per heavy atom. The van der Waals surface area contributed by atoms with Gasteiger partial charge >= 0.3 is 0 Å². The largest absolute Gasteiger partial charge is 0.456 e. The van der Waals surface area contributed by atoms with Crippen molar-refractivity contribution in [3.63, 3.8) is 0 Å². The lowest BCUT2D eigenvalue weighted by atomic mass is 9.90. The third kappa shape index (κ3) is 3.75. The molecule has 0 aliphatic carbocycles. The lowest BCUT2D eigenvalue weighted by Gasteiger charge is -2.24. The van der Waals surface area contributed by atoms with Crippen molar-refractivity contribution in [2.45, 2.75) is 13.1 Å². The Hall–Kier alpha value is -5.54. The second-order valence-electron chi connectivity index (χ2n) is 11.5. The topological polar surface area (TPSA) is 24.5 Å². The van der Waals surface area contributed by atoms with Crippen LogP contribution in [0.4, 0.5) is 17.1 Å². The maximum atomic E-state index is 6.32. The van der Waals surface area contributed by atoms with Crippen molar-refractivity contribution >= 4 is 38.6 Å². The summed E-state index contributed by atoms with van der Waals surface area (Å²) >= 11 is 0. The first-order chi connectivity index (χ1) is 21.2. The molecule has 0 amide bonds. The summed E-state index contributed by atoms with van der Waals surface area (Å²) < 4.78 is 6.32.